The Morgan fingerprint density at radius 2 is 1.92 bits per heavy atom. The Kier molecular flexibility index (Phi) is 5.82. The van der Waals surface area contributed by atoms with Crippen LogP contribution in [-0.2, 0) is 14.6 Å². The lowest BCUT2D eigenvalue weighted by atomic mass is 10.5. The molecule has 13 heavy (non-hydrogen) atoms. The summed E-state index contributed by atoms with van der Waals surface area (Å²) in [5, 5.41) is 0. The second kappa shape index (κ2) is 5.77. The lowest BCUT2D eigenvalue weighted by Crippen LogP contribution is -2.32. The van der Waals surface area contributed by atoms with E-state index in [2.05, 4.69) is 4.18 Å². The van der Waals surface area contributed by atoms with E-state index in [1.807, 2.05) is 18.7 Å². The molecule has 0 aromatic rings. The zero-order chi connectivity index (χ0) is 10.5. The molecule has 0 spiro atoms. The van der Waals surface area contributed by atoms with Crippen LogP contribution in [0.2, 0.25) is 0 Å². The van der Waals surface area contributed by atoms with Crippen molar-refractivity contribution in [2.45, 2.75) is 19.4 Å². The maximum Gasteiger partial charge on any atom is 0.398 e. The van der Waals surface area contributed by atoms with Crippen molar-refractivity contribution in [2.24, 2.45) is 0 Å². The lowest BCUT2D eigenvalue weighted by Gasteiger charge is -2.19. The molecule has 1 N–H and O–H groups in total. The number of rotatable bonds is 6. The summed E-state index contributed by atoms with van der Waals surface area (Å²) in [5.74, 6) is 0. The maximum atomic E-state index is 10.2. The van der Waals surface area contributed by atoms with Crippen LogP contribution in [0.3, 0.4) is 0 Å². The molecule has 80 valence electrons. The van der Waals surface area contributed by atoms with Gasteiger partial charge in [-0.05, 0) is 13.1 Å². The first-order valence-electron chi connectivity index (χ1n) is 3.91. The quantitative estimate of drug-likeness (QED) is 0.539. The highest BCUT2D eigenvalue weighted by Gasteiger charge is 2.16. The fourth-order valence-corrected chi connectivity index (χ4v) is 1.64. The summed E-state index contributed by atoms with van der Waals surface area (Å²) in [6.07, 6.45) is 0. The van der Waals surface area contributed by atoms with Gasteiger partial charge in [0.25, 0.3) is 0 Å². The van der Waals surface area contributed by atoms with Gasteiger partial charge in [-0.3, -0.25) is 9.45 Å². The molecule has 0 heterocycles. The molecule has 0 saturated carbocycles. The van der Waals surface area contributed by atoms with Gasteiger partial charge in [0.1, 0.15) is 0 Å². The molecular weight excluding hydrogens is 218 g/mol. The molecule has 5 nitrogen and oxygen atoms in total. The van der Waals surface area contributed by atoms with Gasteiger partial charge in [-0.2, -0.15) is 8.42 Å². The van der Waals surface area contributed by atoms with Gasteiger partial charge in [0.05, 0.1) is 0 Å². The minimum absolute atomic E-state index is 0.258. The highest BCUT2D eigenvalue weighted by Crippen LogP contribution is 2.05. The molecule has 0 aliphatic heterocycles. The van der Waals surface area contributed by atoms with Crippen LogP contribution in [0.4, 0.5) is 0 Å². The molecule has 1 atom stereocenters. The standard InChI is InChI=1S/C6H14ClNO4S/c1-3-8(4-2)5-6(7)12-13(9,10)11/h6H,3-5H2,1-2H3,(H,9,10,11). The fourth-order valence-electron chi connectivity index (χ4n) is 0.847. The average Bonchev–Trinajstić information content (AvgIpc) is 1.96. The number of likely N-dealkylation sites (N-methyl/N-ethyl adjacent to an activating group) is 1. The fraction of sp³-hybridized carbons (Fsp3) is 1.00. The molecule has 1 unspecified atom stereocenters. The second-order valence-electron chi connectivity index (χ2n) is 2.42. The number of halogens is 1. The predicted octanol–water partition coefficient (Wildman–Crippen LogP) is 0.712. The Morgan fingerprint density at radius 3 is 2.23 bits per heavy atom. The minimum atomic E-state index is -4.44. The summed E-state index contributed by atoms with van der Waals surface area (Å²) in [5.41, 5.74) is -1.05. The van der Waals surface area contributed by atoms with Crippen LogP contribution in [0.25, 0.3) is 0 Å². The first-order chi connectivity index (χ1) is 5.89. The van der Waals surface area contributed by atoms with E-state index in [-0.39, 0.29) is 6.54 Å². The molecule has 0 amide bonds. The van der Waals surface area contributed by atoms with E-state index >= 15 is 0 Å². The Bertz CT molecular complexity index is 227. The van der Waals surface area contributed by atoms with Crippen LogP contribution in [0.5, 0.6) is 0 Å². The van der Waals surface area contributed by atoms with Gasteiger partial charge in [-0.25, -0.2) is 4.18 Å². The van der Waals surface area contributed by atoms with Crippen molar-refractivity contribution < 1.29 is 17.2 Å². The Balaban J connectivity index is 3.93. The molecule has 7 heteroatoms. The first kappa shape index (κ1) is 13.1. The molecule has 0 aliphatic carbocycles. The third-order valence-corrected chi connectivity index (χ3v) is 2.33. The number of nitrogens with zero attached hydrogens (tertiary/aromatic N) is 1. The molecular formula is C6H14ClNO4S. The van der Waals surface area contributed by atoms with Crippen LogP contribution in [0.15, 0.2) is 0 Å². The third-order valence-electron chi connectivity index (χ3n) is 1.52. The highest BCUT2D eigenvalue weighted by molar-refractivity contribution is 7.80. The zero-order valence-corrected chi connectivity index (χ0v) is 9.18. The van der Waals surface area contributed by atoms with Gasteiger partial charge < -0.3 is 0 Å². The third kappa shape index (κ3) is 7.21. The van der Waals surface area contributed by atoms with E-state index in [1.54, 1.807) is 0 Å². The summed E-state index contributed by atoms with van der Waals surface area (Å²) >= 11 is 5.51. The molecule has 0 radical (unpaired) electrons. The van der Waals surface area contributed by atoms with Gasteiger partial charge in [-0.1, -0.05) is 25.4 Å². The number of hydrogen-bond acceptors (Lipinski definition) is 4. The molecule has 0 fully saturated rings. The minimum Gasteiger partial charge on any atom is -0.300 e. The van der Waals surface area contributed by atoms with E-state index in [1.165, 1.54) is 0 Å². The summed E-state index contributed by atoms with van der Waals surface area (Å²) in [7, 11) is -4.44. The average molecular weight is 232 g/mol. The zero-order valence-electron chi connectivity index (χ0n) is 7.60. The molecule has 0 saturated heterocycles. The number of alkyl halides is 1. The Morgan fingerprint density at radius 1 is 1.46 bits per heavy atom. The predicted molar refractivity (Wildman–Crippen MR) is 50.1 cm³/mol. The van der Waals surface area contributed by atoms with E-state index in [4.69, 9.17) is 16.2 Å². The number of hydrogen-bond donors (Lipinski definition) is 1. The molecule has 0 rings (SSSR count). The Hall–Kier alpha value is 0.120. The van der Waals surface area contributed by atoms with E-state index < -0.39 is 16.0 Å². The van der Waals surface area contributed by atoms with Crippen LogP contribution in [-0.4, -0.2) is 43.1 Å². The van der Waals surface area contributed by atoms with E-state index in [9.17, 15) is 8.42 Å². The van der Waals surface area contributed by atoms with Crippen molar-refractivity contribution in [1.29, 1.82) is 0 Å². The van der Waals surface area contributed by atoms with Crippen molar-refractivity contribution in [3.05, 3.63) is 0 Å². The van der Waals surface area contributed by atoms with Crippen molar-refractivity contribution in [3.63, 3.8) is 0 Å². The Labute approximate surface area is 83.6 Å². The van der Waals surface area contributed by atoms with Crippen molar-refractivity contribution >= 4 is 22.0 Å². The summed E-state index contributed by atoms with van der Waals surface area (Å²) in [6, 6.07) is 0. The summed E-state index contributed by atoms with van der Waals surface area (Å²) < 4.78 is 32.9. The van der Waals surface area contributed by atoms with Gasteiger partial charge in [0.15, 0.2) is 5.56 Å². The van der Waals surface area contributed by atoms with Crippen molar-refractivity contribution in [2.75, 3.05) is 19.6 Å². The normalized spacial score (nSPS) is 14.8. The first-order valence-corrected chi connectivity index (χ1v) is 5.71. The van der Waals surface area contributed by atoms with Crippen LogP contribution >= 0.6 is 11.6 Å². The van der Waals surface area contributed by atoms with Gasteiger partial charge >= 0.3 is 10.4 Å². The largest absolute Gasteiger partial charge is 0.398 e. The van der Waals surface area contributed by atoms with Gasteiger partial charge in [0, 0.05) is 6.54 Å². The van der Waals surface area contributed by atoms with Gasteiger partial charge in [0.2, 0.25) is 0 Å². The summed E-state index contributed by atoms with van der Waals surface area (Å²) in [6.45, 7) is 5.58. The lowest BCUT2D eigenvalue weighted by molar-refractivity contribution is 0.182. The molecule has 0 aliphatic rings. The maximum absolute atomic E-state index is 10.2. The van der Waals surface area contributed by atoms with E-state index in [0.717, 1.165) is 13.1 Å². The molecule has 0 aromatic carbocycles. The molecule has 0 aromatic heterocycles. The van der Waals surface area contributed by atoms with Crippen molar-refractivity contribution in [3.8, 4) is 0 Å². The smallest absolute Gasteiger partial charge is 0.300 e. The van der Waals surface area contributed by atoms with Crippen LogP contribution in [0, 0.1) is 0 Å². The topological polar surface area (TPSA) is 66.8 Å². The SMILES string of the molecule is CCN(CC)CC(Cl)OS(=O)(=O)O. The highest BCUT2D eigenvalue weighted by atomic mass is 35.5. The van der Waals surface area contributed by atoms with Crippen molar-refractivity contribution in [1.82, 2.24) is 4.90 Å². The monoisotopic (exact) mass is 231 g/mol. The van der Waals surface area contributed by atoms with Crippen LogP contribution < -0.4 is 0 Å². The second-order valence-corrected chi connectivity index (χ2v) is 3.95. The van der Waals surface area contributed by atoms with Crippen LogP contribution in [0.1, 0.15) is 13.8 Å². The summed E-state index contributed by atoms with van der Waals surface area (Å²) in [4.78, 5) is 1.88. The van der Waals surface area contributed by atoms with Gasteiger partial charge in [-0.15, -0.1) is 0 Å². The molecule has 0 bridgehead atoms. The van der Waals surface area contributed by atoms with E-state index in [0.29, 0.717) is 0 Å².